The van der Waals surface area contributed by atoms with Crippen LogP contribution in [0.3, 0.4) is 0 Å². The zero-order chi connectivity index (χ0) is 38.0. The molecule has 0 fully saturated rings. The van der Waals surface area contributed by atoms with Crippen molar-refractivity contribution in [3.05, 3.63) is 83.6 Å². The fourth-order valence-corrected chi connectivity index (χ4v) is 8.60. The van der Waals surface area contributed by atoms with Gasteiger partial charge in [0.15, 0.2) is 5.71 Å². The number of carbonyl (C=O) groups is 1. The van der Waals surface area contributed by atoms with E-state index >= 15 is 0 Å². The molecule has 0 saturated heterocycles. The topological polar surface area (TPSA) is 186 Å². The van der Waals surface area contributed by atoms with Crippen LogP contribution in [0.4, 0.5) is 11.4 Å². The van der Waals surface area contributed by atoms with Crippen LogP contribution in [0.2, 0.25) is 0 Å². The minimum Gasteiger partial charge on any atom is -0.344 e. The molecule has 2 aromatic rings. The first-order chi connectivity index (χ1) is 23.6. The third-order valence-electron chi connectivity index (χ3n) is 9.59. The third-order valence-corrected chi connectivity index (χ3v) is 12.1. The van der Waals surface area contributed by atoms with Gasteiger partial charge < -0.3 is 9.69 Å². The summed E-state index contributed by atoms with van der Waals surface area (Å²) in [6, 6.07) is 8.91. The van der Waals surface area contributed by atoms with E-state index in [4.69, 9.17) is 0 Å². The van der Waals surface area contributed by atoms with Crippen molar-refractivity contribution in [2.24, 2.45) is 0 Å². The highest BCUT2D eigenvalue weighted by atomic mass is 32.2. The van der Waals surface area contributed by atoms with Gasteiger partial charge in [0.2, 0.25) is 5.69 Å². The van der Waals surface area contributed by atoms with Gasteiger partial charge in [0.25, 0.3) is 30.4 Å². The lowest BCUT2D eigenvalue weighted by atomic mass is 9.77. The minimum absolute atomic E-state index is 0.0562. The van der Waals surface area contributed by atoms with Gasteiger partial charge in [0.1, 0.15) is 12.3 Å². The number of rotatable bonds is 16. The first-order valence-electron chi connectivity index (χ1n) is 16.8. The average molecular weight is 764 g/mol. The van der Waals surface area contributed by atoms with Crippen LogP contribution in [0.1, 0.15) is 84.3 Å². The number of ketones is 1. The quantitative estimate of drug-likeness (QED) is 0.0769. The standard InChI is InChI=1S/C36H46N2O10S3/c1-6-21-37-31-18-16-27(50(43,44)45)24-29(31)35(3,4)33(37)14-8-7-9-15-34-36(5,20-11-10-13-26(2)39)30-25-28(51(46,47)48)17-19-32(30)38(34)22-12-23-49(40,41)42/h7-9,14-19,24-25H,6,10-13,20-23H2,1-5H3,(H2-,40,41,42,43,44,45,46,47,48)/p+1. The van der Waals surface area contributed by atoms with Crippen molar-refractivity contribution in [3.63, 3.8) is 0 Å². The van der Waals surface area contributed by atoms with Crippen molar-refractivity contribution >= 4 is 53.2 Å². The van der Waals surface area contributed by atoms with E-state index in [2.05, 4.69) is 4.58 Å². The number of anilines is 1. The molecule has 15 heteroatoms. The highest BCUT2D eigenvalue weighted by Crippen LogP contribution is 2.51. The zero-order valence-electron chi connectivity index (χ0n) is 29.5. The SMILES string of the molecule is CCC[N+]1=C(C=CC=CC=C2N(CCCS(=O)(=O)O)c3ccc(S(=O)(=O)O)cc3C2(C)CCCCC(C)=O)C(C)(C)c2cc(S(=O)(=O)O)ccc21. The smallest absolute Gasteiger partial charge is 0.294 e. The molecule has 278 valence electrons. The number of fused-ring (bicyclic) bond motifs is 2. The van der Waals surface area contributed by atoms with Gasteiger partial charge in [-0.05, 0) is 88.9 Å². The molecule has 0 aliphatic carbocycles. The number of unbranched alkanes of at least 4 members (excludes halogenated alkanes) is 1. The summed E-state index contributed by atoms with van der Waals surface area (Å²) in [4.78, 5) is 13.1. The summed E-state index contributed by atoms with van der Waals surface area (Å²) >= 11 is 0. The Morgan fingerprint density at radius 3 is 2.06 bits per heavy atom. The Morgan fingerprint density at radius 1 is 0.843 bits per heavy atom. The number of benzene rings is 2. The maximum atomic E-state index is 12.2. The monoisotopic (exact) mass is 763 g/mol. The van der Waals surface area contributed by atoms with E-state index in [1.165, 1.54) is 31.2 Å². The number of Topliss-reactive ketones (excluding diaryl/α,β-unsaturated/α-hetero) is 1. The van der Waals surface area contributed by atoms with E-state index in [-0.39, 0.29) is 28.5 Å². The lowest BCUT2D eigenvalue weighted by molar-refractivity contribution is -0.437. The molecule has 2 heterocycles. The van der Waals surface area contributed by atoms with Crippen molar-refractivity contribution < 1.29 is 48.3 Å². The highest BCUT2D eigenvalue weighted by molar-refractivity contribution is 7.86. The molecular weight excluding hydrogens is 717 g/mol. The van der Waals surface area contributed by atoms with Crippen LogP contribution >= 0.6 is 0 Å². The maximum Gasteiger partial charge on any atom is 0.294 e. The molecule has 3 N–H and O–H groups in total. The molecule has 0 aromatic heterocycles. The molecule has 0 amide bonds. The van der Waals surface area contributed by atoms with E-state index < -0.39 is 46.9 Å². The Morgan fingerprint density at radius 2 is 1.47 bits per heavy atom. The van der Waals surface area contributed by atoms with Gasteiger partial charge in [-0.15, -0.1) is 0 Å². The predicted octanol–water partition coefficient (Wildman–Crippen LogP) is 6.17. The van der Waals surface area contributed by atoms with E-state index in [0.717, 1.165) is 29.1 Å². The third kappa shape index (κ3) is 9.13. The molecule has 2 aromatic carbocycles. The van der Waals surface area contributed by atoms with E-state index in [1.807, 2.05) is 63.0 Å². The number of hydrogen-bond acceptors (Lipinski definition) is 8. The van der Waals surface area contributed by atoms with Crippen LogP contribution in [0.15, 0.2) is 82.3 Å². The predicted molar refractivity (Wildman–Crippen MR) is 197 cm³/mol. The summed E-state index contributed by atoms with van der Waals surface area (Å²) in [5.41, 5.74) is 3.20. The van der Waals surface area contributed by atoms with Crippen molar-refractivity contribution in [1.82, 2.24) is 0 Å². The average Bonchev–Trinajstić information content (AvgIpc) is 3.37. The second-order valence-electron chi connectivity index (χ2n) is 13.8. The first kappa shape index (κ1) is 40.3. The minimum atomic E-state index is -4.53. The van der Waals surface area contributed by atoms with Crippen LogP contribution in [0.5, 0.6) is 0 Å². The van der Waals surface area contributed by atoms with Gasteiger partial charge in [-0.25, -0.2) is 0 Å². The van der Waals surface area contributed by atoms with Gasteiger partial charge >= 0.3 is 0 Å². The Labute approximate surface area is 301 Å². The normalized spacial score (nSPS) is 19.8. The Balaban J connectivity index is 1.76. The van der Waals surface area contributed by atoms with Crippen LogP contribution in [-0.2, 0) is 46.0 Å². The maximum absolute atomic E-state index is 12.2. The molecule has 12 nitrogen and oxygen atoms in total. The molecule has 0 saturated carbocycles. The van der Waals surface area contributed by atoms with Gasteiger partial charge in [-0.1, -0.05) is 31.6 Å². The van der Waals surface area contributed by atoms with Crippen molar-refractivity contribution in [2.45, 2.75) is 93.8 Å². The summed E-state index contributed by atoms with van der Waals surface area (Å²) in [6.45, 7) is 10.4. The highest BCUT2D eigenvalue weighted by Gasteiger charge is 2.45. The second-order valence-corrected chi connectivity index (χ2v) is 18.2. The molecule has 1 unspecified atom stereocenters. The molecule has 4 rings (SSSR count). The molecular formula is C36H47N2O10S3+. The van der Waals surface area contributed by atoms with Crippen molar-refractivity contribution in [2.75, 3.05) is 23.7 Å². The number of hydrogen-bond donors (Lipinski definition) is 3. The lowest BCUT2D eigenvalue weighted by Gasteiger charge is -2.30. The van der Waals surface area contributed by atoms with Crippen LogP contribution in [0.25, 0.3) is 0 Å². The van der Waals surface area contributed by atoms with Gasteiger partial charge in [-0.3, -0.25) is 13.7 Å². The summed E-state index contributed by atoms with van der Waals surface area (Å²) in [5, 5.41) is 0. The molecule has 1 atom stereocenters. The molecule has 2 aliphatic heterocycles. The largest absolute Gasteiger partial charge is 0.344 e. The van der Waals surface area contributed by atoms with Gasteiger partial charge in [0, 0.05) is 53.9 Å². The van der Waals surface area contributed by atoms with Crippen molar-refractivity contribution in [1.29, 1.82) is 0 Å². The van der Waals surface area contributed by atoms with Gasteiger partial charge in [-0.2, -0.15) is 29.8 Å². The molecule has 0 radical (unpaired) electrons. The fourth-order valence-electron chi connectivity index (χ4n) is 7.09. The van der Waals surface area contributed by atoms with E-state index in [9.17, 15) is 43.7 Å². The number of allylic oxidation sites excluding steroid dienone is 6. The summed E-state index contributed by atoms with van der Waals surface area (Å²) < 4.78 is 102. The van der Waals surface area contributed by atoms with E-state index in [1.54, 1.807) is 12.1 Å². The molecule has 2 aliphatic rings. The number of carbonyl (C=O) groups excluding carboxylic acids is 1. The second kappa shape index (κ2) is 15.2. The molecule has 0 spiro atoms. The summed E-state index contributed by atoms with van der Waals surface area (Å²) in [6.07, 6.45) is 12.4. The first-order valence-corrected chi connectivity index (χ1v) is 21.3. The van der Waals surface area contributed by atoms with Crippen LogP contribution in [-0.4, -0.2) is 73.8 Å². The molecule has 0 bridgehead atoms. The van der Waals surface area contributed by atoms with Gasteiger partial charge in [0.05, 0.1) is 21.0 Å². The van der Waals surface area contributed by atoms with E-state index in [0.29, 0.717) is 43.5 Å². The summed E-state index contributed by atoms with van der Waals surface area (Å²) in [7, 11) is -13.2. The van der Waals surface area contributed by atoms with Crippen LogP contribution in [0, 0.1) is 0 Å². The zero-order valence-corrected chi connectivity index (χ0v) is 32.0. The fraction of sp³-hybridized carbons (Fsp3) is 0.444. The summed E-state index contributed by atoms with van der Waals surface area (Å²) in [5.74, 6) is -0.416. The van der Waals surface area contributed by atoms with Crippen LogP contribution < -0.4 is 4.90 Å². The number of nitrogens with zero attached hydrogens (tertiary/aromatic N) is 2. The lowest BCUT2D eigenvalue weighted by Crippen LogP contribution is -2.30. The Bertz CT molecular complexity index is 2150. The molecule has 51 heavy (non-hydrogen) atoms. The Hall–Kier alpha value is -3.47. The van der Waals surface area contributed by atoms with Crippen molar-refractivity contribution in [3.8, 4) is 0 Å². The Kier molecular flexibility index (Phi) is 12.1.